The Labute approximate surface area is 116 Å². The SMILES string of the molecule is COc1ccc(OC)c(C2CCNc3nc(N)nn32)c1. The van der Waals surface area contributed by atoms with Gasteiger partial charge in [0.2, 0.25) is 11.9 Å². The molecule has 1 unspecified atom stereocenters. The van der Waals surface area contributed by atoms with Gasteiger partial charge < -0.3 is 20.5 Å². The van der Waals surface area contributed by atoms with Gasteiger partial charge in [0.25, 0.3) is 0 Å². The number of nitrogens with one attached hydrogen (secondary N) is 1. The fraction of sp³-hybridized carbons (Fsp3) is 0.385. The number of benzene rings is 1. The molecule has 7 heteroatoms. The Kier molecular flexibility index (Phi) is 3.09. The van der Waals surface area contributed by atoms with Crippen molar-refractivity contribution >= 4 is 11.9 Å². The highest BCUT2D eigenvalue weighted by atomic mass is 16.5. The van der Waals surface area contributed by atoms with Crippen LogP contribution in [-0.2, 0) is 0 Å². The first-order valence-corrected chi connectivity index (χ1v) is 6.40. The van der Waals surface area contributed by atoms with Gasteiger partial charge in [0.1, 0.15) is 11.5 Å². The normalized spacial score (nSPS) is 17.2. The molecule has 0 aliphatic carbocycles. The predicted molar refractivity (Wildman–Crippen MR) is 75.2 cm³/mol. The summed E-state index contributed by atoms with van der Waals surface area (Å²) in [5.74, 6) is 2.54. The van der Waals surface area contributed by atoms with Crippen LogP contribution in [0.5, 0.6) is 11.5 Å². The van der Waals surface area contributed by atoms with Crippen LogP contribution < -0.4 is 20.5 Å². The fourth-order valence-corrected chi connectivity index (χ4v) is 2.51. The maximum atomic E-state index is 5.69. The molecule has 0 saturated carbocycles. The van der Waals surface area contributed by atoms with Crippen LogP contribution in [0.2, 0.25) is 0 Å². The van der Waals surface area contributed by atoms with Crippen LogP contribution in [0.25, 0.3) is 0 Å². The van der Waals surface area contributed by atoms with Crippen molar-refractivity contribution in [2.45, 2.75) is 12.5 Å². The third-order valence-corrected chi connectivity index (χ3v) is 3.44. The van der Waals surface area contributed by atoms with Gasteiger partial charge in [0.15, 0.2) is 0 Å². The van der Waals surface area contributed by atoms with E-state index >= 15 is 0 Å². The lowest BCUT2D eigenvalue weighted by Crippen LogP contribution is -2.25. The van der Waals surface area contributed by atoms with Gasteiger partial charge in [-0.3, -0.25) is 0 Å². The molecule has 3 rings (SSSR count). The van der Waals surface area contributed by atoms with Crippen molar-refractivity contribution in [3.05, 3.63) is 23.8 Å². The van der Waals surface area contributed by atoms with E-state index in [2.05, 4.69) is 15.4 Å². The van der Waals surface area contributed by atoms with Crippen LogP contribution in [0.15, 0.2) is 18.2 Å². The van der Waals surface area contributed by atoms with Gasteiger partial charge in [0.05, 0.1) is 20.3 Å². The molecule has 2 heterocycles. The highest BCUT2D eigenvalue weighted by molar-refractivity contribution is 5.45. The van der Waals surface area contributed by atoms with Crippen molar-refractivity contribution in [3.8, 4) is 11.5 Å². The Morgan fingerprint density at radius 2 is 2.20 bits per heavy atom. The van der Waals surface area contributed by atoms with E-state index in [4.69, 9.17) is 15.2 Å². The number of anilines is 2. The number of nitrogens with two attached hydrogens (primary N) is 1. The highest BCUT2D eigenvalue weighted by Crippen LogP contribution is 2.36. The molecular formula is C13H17N5O2. The number of ether oxygens (including phenoxy) is 2. The first-order chi connectivity index (χ1) is 9.72. The van der Waals surface area contributed by atoms with E-state index in [0.717, 1.165) is 30.0 Å². The van der Waals surface area contributed by atoms with Crippen LogP contribution in [0.1, 0.15) is 18.0 Å². The van der Waals surface area contributed by atoms with E-state index in [1.807, 2.05) is 18.2 Å². The van der Waals surface area contributed by atoms with Gasteiger partial charge in [-0.1, -0.05) is 0 Å². The summed E-state index contributed by atoms with van der Waals surface area (Å²) in [7, 11) is 3.30. The van der Waals surface area contributed by atoms with Crippen LogP contribution in [0.3, 0.4) is 0 Å². The lowest BCUT2D eigenvalue weighted by Gasteiger charge is -2.26. The molecule has 1 atom stereocenters. The zero-order chi connectivity index (χ0) is 14.1. The van der Waals surface area contributed by atoms with Gasteiger partial charge >= 0.3 is 0 Å². The molecule has 1 aromatic heterocycles. The first kappa shape index (κ1) is 12.6. The summed E-state index contributed by atoms with van der Waals surface area (Å²) in [6.45, 7) is 0.809. The molecule has 0 bridgehead atoms. The number of methoxy groups -OCH3 is 2. The summed E-state index contributed by atoms with van der Waals surface area (Å²) < 4.78 is 12.6. The Balaban J connectivity index is 2.09. The number of hydrogen-bond acceptors (Lipinski definition) is 6. The molecule has 2 aromatic rings. The Hall–Kier alpha value is -2.44. The predicted octanol–water partition coefficient (Wildman–Crippen LogP) is 1.28. The average Bonchev–Trinajstić information content (AvgIpc) is 2.86. The van der Waals surface area contributed by atoms with Crippen molar-refractivity contribution < 1.29 is 9.47 Å². The molecule has 0 spiro atoms. The smallest absolute Gasteiger partial charge is 0.241 e. The second kappa shape index (κ2) is 4.92. The zero-order valence-electron chi connectivity index (χ0n) is 11.5. The van der Waals surface area contributed by atoms with E-state index < -0.39 is 0 Å². The maximum Gasteiger partial charge on any atom is 0.241 e. The lowest BCUT2D eigenvalue weighted by atomic mass is 10.0. The van der Waals surface area contributed by atoms with Crippen molar-refractivity contribution in [2.75, 3.05) is 31.8 Å². The van der Waals surface area contributed by atoms with E-state index in [0.29, 0.717) is 5.95 Å². The van der Waals surface area contributed by atoms with E-state index in [1.165, 1.54) is 0 Å². The third-order valence-electron chi connectivity index (χ3n) is 3.44. The summed E-state index contributed by atoms with van der Waals surface area (Å²) >= 11 is 0. The molecule has 7 nitrogen and oxygen atoms in total. The summed E-state index contributed by atoms with van der Waals surface area (Å²) in [4.78, 5) is 4.17. The Bertz CT molecular complexity index is 625. The number of rotatable bonds is 3. The number of fused-ring (bicyclic) bond motifs is 1. The first-order valence-electron chi connectivity index (χ1n) is 6.40. The number of aromatic nitrogens is 3. The molecule has 0 fully saturated rings. The number of nitrogens with zero attached hydrogens (tertiary/aromatic N) is 3. The van der Waals surface area contributed by atoms with Gasteiger partial charge in [-0.25, -0.2) is 4.68 Å². The van der Waals surface area contributed by atoms with Crippen molar-refractivity contribution in [2.24, 2.45) is 0 Å². The number of hydrogen-bond donors (Lipinski definition) is 2. The van der Waals surface area contributed by atoms with Gasteiger partial charge in [-0.2, -0.15) is 4.98 Å². The average molecular weight is 275 g/mol. The molecule has 1 aliphatic rings. The maximum absolute atomic E-state index is 5.69. The van der Waals surface area contributed by atoms with E-state index in [-0.39, 0.29) is 12.0 Å². The van der Waals surface area contributed by atoms with Gasteiger partial charge in [0, 0.05) is 12.1 Å². The summed E-state index contributed by atoms with van der Waals surface area (Å²) in [6.07, 6.45) is 0.874. The lowest BCUT2D eigenvalue weighted by molar-refractivity contribution is 0.383. The van der Waals surface area contributed by atoms with Gasteiger partial charge in [-0.15, -0.1) is 5.10 Å². The molecule has 0 radical (unpaired) electrons. The second-order valence-corrected chi connectivity index (χ2v) is 4.58. The Morgan fingerprint density at radius 3 is 2.95 bits per heavy atom. The van der Waals surface area contributed by atoms with Crippen molar-refractivity contribution in [3.63, 3.8) is 0 Å². The molecule has 1 aromatic carbocycles. The van der Waals surface area contributed by atoms with Crippen LogP contribution in [0, 0.1) is 0 Å². The Morgan fingerprint density at radius 1 is 1.35 bits per heavy atom. The monoisotopic (exact) mass is 275 g/mol. The third kappa shape index (κ3) is 2.01. The van der Waals surface area contributed by atoms with Crippen molar-refractivity contribution in [1.82, 2.24) is 14.8 Å². The minimum Gasteiger partial charge on any atom is -0.497 e. The number of nitrogen functional groups attached to an aromatic ring is 1. The largest absolute Gasteiger partial charge is 0.497 e. The second-order valence-electron chi connectivity index (χ2n) is 4.58. The van der Waals surface area contributed by atoms with Gasteiger partial charge in [-0.05, 0) is 24.6 Å². The fourth-order valence-electron chi connectivity index (χ4n) is 2.51. The molecule has 3 N–H and O–H groups in total. The van der Waals surface area contributed by atoms with Crippen molar-refractivity contribution in [1.29, 1.82) is 0 Å². The van der Waals surface area contributed by atoms with E-state index in [1.54, 1.807) is 18.9 Å². The zero-order valence-corrected chi connectivity index (χ0v) is 11.5. The summed E-state index contributed by atoms with van der Waals surface area (Å²) in [5, 5.41) is 7.45. The molecule has 20 heavy (non-hydrogen) atoms. The molecule has 1 aliphatic heterocycles. The molecule has 0 amide bonds. The molecule has 0 saturated heterocycles. The molecular weight excluding hydrogens is 258 g/mol. The summed E-state index contributed by atoms with van der Waals surface area (Å²) in [6, 6.07) is 5.77. The van der Waals surface area contributed by atoms with E-state index in [9.17, 15) is 0 Å². The minimum atomic E-state index is 0.0288. The van der Waals surface area contributed by atoms with Crippen LogP contribution in [0.4, 0.5) is 11.9 Å². The topological polar surface area (TPSA) is 87.2 Å². The standard InChI is InChI=1S/C13H17N5O2/c1-19-8-3-4-11(20-2)9(7-8)10-5-6-15-13-16-12(14)17-18(10)13/h3-4,7,10H,5-6H2,1-2H3,(H3,14,15,16,17). The quantitative estimate of drug-likeness (QED) is 0.877. The van der Waals surface area contributed by atoms with Crippen LogP contribution >= 0.6 is 0 Å². The molecule has 106 valence electrons. The van der Waals surface area contributed by atoms with Crippen LogP contribution in [-0.4, -0.2) is 35.5 Å². The highest BCUT2D eigenvalue weighted by Gasteiger charge is 2.26. The minimum absolute atomic E-state index is 0.0288. The summed E-state index contributed by atoms with van der Waals surface area (Å²) in [5.41, 5.74) is 6.70.